The molecule has 9 nitrogen and oxygen atoms in total. The summed E-state index contributed by atoms with van der Waals surface area (Å²) in [6, 6.07) is 7.45. The quantitative estimate of drug-likeness (QED) is 0.603. The fourth-order valence-electron chi connectivity index (χ4n) is 3.00. The van der Waals surface area contributed by atoms with Gasteiger partial charge in [-0.05, 0) is 24.3 Å². The van der Waals surface area contributed by atoms with E-state index >= 15 is 0 Å². The maximum Gasteiger partial charge on any atom is 0.433 e. The molecule has 0 unspecified atom stereocenters. The highest BCUT2D eigenvalue weighted by atomic mass is 35.5. The van der Waals surface area contributed by atoms with Gasteiger partial charge in [0, 0.05) is 38.3 Å². The normalized spacial score (nSPS) is 14.1. The molecule has 0 spiro atoms. The maximum absolute atomic E-state index is 12.2. The number of nitrogens with one attached hydrogen (secondary N) is 1. The van der Waals surface area contributed by atoms with Crippen LogP contribution in [0.3, 0.4) is 0 Å². The predicted octanol–water partition coefficient (Wildman–Crippen LogP) is 3.15. The van der Waals surface area contributed by atoms with Crippen molar-refractivity contribution >= 4 is 40.7 Å². The number of hydrogen-bond donors (Lipinski definition) is 1. The first-order valence-electron chi connectivity index (χ1n) is 8.77. The Balaban J connectivity index is 1.65. The van der Waals surface area contributed by atoms with E-state index in [0.29, 0.717) is 43.3 Å². The predicted molar refractivity (Wildman–Crippen MR) is 104 cm³/mol. The van der Waals surface area contributed by atoms with Crippen molar-refractivity contribution in [1.29, 1.82) is 0 Å². The van der Waals surface area contributed by atoms with Crippen LogP contribution in [-0.2, 0) is 4.79 Å². The summed E-state index contributed by atoms with van der Waals surface area (Å²) in [5.74, 6) is -1.13. The zero-order chi connectivity index (χ0) is 20.3. The molecule has 1 aromatic heterocycles. The molecule has 2 amide bonds. The molecule has 148 valence electrons. The zero-order valence-corrected chi connectivity index (χ0v) is 15.9. The molecule has 0 saturated carbocycles. The Morgan fingerprint density at radius 3 is 2.50 bits per heavy atom. The molecule has 1 N–H and O–H groups in total. The number of halogens is 1. The van der Waals surface area contributed by atoms with Gasteiger partial charge in [0.1, 0.15) is 4.92 Å². The lowest BCUT2D eigenvalue weighted by molar-refractivity contribution is -0.402. The van der Waals surface area contributed by atoms with Gasteiger partial charge in [0.2, 0.25) is 5.91 Å². The topological polar surface area (TPSA) is 109 Å². The third kappa shape index (κ3) is 4.25. The summed E-state index contributed by atoms with van der Waals surface area (Å²) < 4.78 is 4.88. The number of nitrogens with zero attached hydrogens (tertiary/aromatic N) is 3. The van der Waals surface area contributed by atoms with Gasteiger partial charge in [-0.1, -0.05) is 18.5 Å². The van der Waals surface area contributed by atoms with Gasteiger partial charge in [0.15, 0.2) is 5.76 Å². The van der Waals surface area contributed by atoms with Crippen molar-refractivity contribution < 1.29 is 18.9 Å². The molecule has 1 fully saturated rings. The van der Waals surface area contributed by atoms with Crippen LogP contribution in [-0.4, -0.2) is 47.8 Å². The van der Waals surface area contributed by atoms with Crippen molar-refractivity contribution in [2.75, 3.05) is 36.4 Å². The Bertz CT molecular complexity index is 905. The Hall–Kier alpha value is -3.07. The minimum Gasteiger partial charge on any atom is -0.395 e. The molecule has 1 aromatic carbocycles. The zero-order valence-electron chi connectivity index (χ0n) is 15.2. The molecule has 2 aromatic rings. The standard InChI is InChI=1S/C18H19ClN4O5/c1-2-16(24)22-9-7-21(8-10-22)14-4-3-12(11-13(14)19)20-18(25)15-5-6-17(28-15)23(26)27/h3-6,11H,2,7-10H2,1H3,(H,20,25). The van der Waals surface area contributed by atoms with E-state index in [2.05, 4.69) is 10.2 Å². The molecular weight excluding hydrogens is 388 g/mol. The van der Waals surface area contributed by atoms with Crippen LogP contribution in [0.15, 0.2) is 34.7 Å². The molecule has 0 atom stereocenters. The van der Waals surface area contributed by atoms with E-state index in [0.717, 1.165) is 11.8 Å². The smallest absolute Gasteiger partial charge is 0.395 e. The van der Waals surface area contributed by atoms with Gasteiger partial charge in [-0.15, -0.1) is 0 Å². The number of rotatable bonds is 5. The van der Waals surface area contributed by atoms with E-state index in [-0.39, 0.29) is 11.7 Å². The minimum absolute atomic E-state index is 0.141. The van der Waals surface area contributed by atoms with Crippen LogP contribution >= 0.6 is 11.6 Å². The van der Waals surface area contributed by atoms with Crippen LogP contribution in [0.5, 0.6) is 0 Å². The third-order valence-electron chi connectivity index (χ3n) is 4.48. The lowest BCUT2D eigenvalue weighted by Crippen LogP contribution is -2.48. The molecule has 1 aliphatic heterocycles. The molecule has 1 aliphatic rings. The number of anilines is 2. The summed E-state index contributed by atoms with van der Waals surface area (Å²) >= 11 is 6.38. The largest absolute Gasteiger partial charge is 0.433 e. The number of carbonyl (C=O) groups excluding carboxylic acids is 2. The van der Waals surface area contributed by atoms with Gasteiger partial charge in [-0.3, -0.25) is 19.7 Å². The molecule has 3 rings (SSSR count). The summed E-state index contributed by atoms with van der Waals surface area (Å²) in [6.07, 6.45) is 0.494. The van der Waals surface area contributed by atoms with Crippen molar-refractivity contribution in [3.8, 4) is 0 Å². The monoisotopic (exact) mass is 406 g/mol. The Morgan fingerprint density at radius 1 is 1.21 bits per heavy atom. The molecule has 1 saturated heterocycles. The second kappa shape index (κ2) is 8.30. The van der Waals surface area contributed by atoms with E-state index in [9.17, 15) is 19.7 Å². The van der Waals surface area contributed by atoms with Crippen LogP contribution in [0.1, 0.15) is 23.9 Å². The summed E-state index contributed by atoms with van der Waals surface area (Å²) in [5, 5.41) is 13.7. The van der Waals surface area contributed by atoms with Crippen LogP contribution in [0, 0.1) is 10.1 Å². The third-order valence-corrected chi connectivity index (χ3v) is 4.78. The van der Waals surface area contributed by atoms with Crippen LogP contribution in [0.2, 0.25) is 5.02 Å². The number of carbonyl (C=O) groups is 2. The molecule has 28 heavy (non-hydrogen) atoms. The number of piperazine rings is 1. The lowest BCUT2D eigenvalue weighted by atomic mass is 10.2. The van der Waals surface area contributed by atoms with E-state index < -0.39 is 16.7 Å². The van der Waals surface area contributed by atoms with Crippen molar-refractivity contribution in [1.82, 2.24) is 4.90 Å². The molecule has 0 radical (unpaired) electrons. The van der Waals surface area contributed by atoms with Gasteiger partial charge in [0.05, 0.1) is 16.8 Å². The fraction of sp³-hybridized carbons (Fsp3) is 0.333. The summed E-state index contributed by atoms with van der Waals surface area (Å²) in [7, 11) is 0. The Kier molecular flexibility index (Phi) is 5.84. The average molecular weight is 407 g/mol. The molecular formula is C18H19ClN4O5. The van der Waals surface area contributed by atoms with Crippen LogP contribution in [0.25, 0.3) is 0 Å². The second-order valence-electron chi connectivity index (χ2n) is 6.24. The minimum atomic E-state index is -0.712. The first-order chi connectivity index (χ1) is 13.4. The maximum atomic E-state index is 12.2. The number of benzene rings is 1. The van der Waals surface area contributed by atoms with E-state index in [1.807, 2.05) is 11.8 Å². The first kappa shape index (κ1) is 19.7. The van der Waals surface area contributed by atoms with Crippen molar-refractivity contribution in [3.05, 3.63) is 51.2 Å². The molecule has 0 bridgehead atoms. The highest BCUT2D eigenvalue weighted by Crippen LogP contribution is 2.30. The van der Waals surface area contributed by atoms with Gasteiger partial charge < -0.3 is 19.5 Å². The highest BCUT2D eigenvalue weighted by Gasteiger charge is 2.22. The van der Waals surface area contributed by atoms with Crippen molar-refractivity contribution in [2.45, 2.75) is 13.3 Å². The van der Waals surface area contributed by atoms with Gasteiger partial charge in [-0.2, -0.15) is 0 Å². The molecule has 2 heterocycles. The number of amides is 2. The van der Waals surface area contributed by atoms with Crippen LogP contribution in [0.4, 0.5) is 17.3 Å². The number of furan rings is 1. The molecule has 0 aliphatic carbocycles. The summed E-state index contributed by atoms with van der Waals surface area (Å²) in [5.41, 5.74) is 1.26. The van der Waals surface area contributed by atoms with Gasteiger partial charge in [-0.25, -0.2) is 0 Å². The second-order valence-corrected chi connectivity index (χ2v) is 6.64. The van der Waals surface area contributed by atoms with E-state index in [4.69, 9.17) is 16.0 Å². The summed E-state index contributed by atoms with van der Waals surface area (Å²) in [6.45, 7) is 4.47. The van der Waals surface area contributed by atoms with Gasteiger partial charge in [0.25, 0.3) is 5.91 Å². The van der Waals surface area contributed by atoms with Crippen LogP contribution < -0.4 is 10.2 Å². The highest BCUT2D eigenvalue weighted by molar-refractivity contribution is 6.33. The average Bonchev–Trinajstić information content (AvgIpc) is 3.18. The van der Waals surface area contributed by atoms with E-state index in [1.165, 1.54) is 6.07 Å². The lowest BCUT2D eigenvalue weighted by Gasteiger charge is -2.36. The van der Waals surface area contributed by atoms with Crippen molar-refractivity contribution in [3.63, 3.8) is 0 Å². The SMILES string of the molecule is CCC(=O)N1CCN(c2ccc(NC(=O)c3ccc([N+](=O)[O-])o3)cc2Cl)CC1. The summed E-state index contributed by atoms with van der Waals surface area (Å²) in [4.78, 5) is 37.8. The Labute approximate surface area is 166 Å². The number of nitro groups is 1. The van der Waals surface area contributed by atoms with Gasteiger partial charge >= 0.3 is 5.88 Å². The fourth-order valence-corrected chi connectivity index (χ4v) is 3.30. The number of hydrogen-bond acceptors (Lipinski definition) is 6. The first-order valence-corrected chi connectivity index (χ1v) is 9.14. The van der Waals surface area contributed by atoms with Crippen molar-refractivity contribution in [2.24, 2.45) is 0 Å². The Morgan fingerprint density at radius 2 is 1.93 bits per heavy atom. The molecule has 10 heteroatoms. The van der Waals surface area contributed by atoms with E-state index in [1.54, 1.807) is 18.2 Å².